The standard InChI is InChI=1S/C29H31ClO5/c1-18-2-9-28-22(10-18)13-26(35-28)17-33-24-6-3-19(4-7-24)11-21-12-20(5-8-27(21)30)29-15-23(32)14-25(16-31)34-29/h2-10,12,23,25-26,29,31-32H,11,13-17H2,1H3. The monoisotopic (exact) mass is 494 g/mol. The van der Waals surface area contributed by atoms with E-state index in [1.165, 1.54) is 11.1 Å². The van der Waals surface area contributed by atoms with Crippen molar-refractivity contribution in [1.29, 1.82) is 0 Å². The number of hydrogen-bond acceptors (Lipinski definition) is 5. The third-order valence-corrected chi connectivity index (χ3v) is 7.10. The van der Waals surface area contributed by atoms with Crippen molar-refractivity contribution in [2.24, 2.45) is 0 Å². The van der Waals surface area contributed by atoms with Crippen LogP contribution in [0, 0.1) is 6.92 Å². The van der Waals surface area contributed by atoms with Crippen LogP contribution in [-0.4, -0.2) is 41.7 Å². The Bertz CT molecular complexity index is 1160. The number of hydrogen-bond donors (Lipinski definition) is 2. The first kappa shape index (κ1) is 24.1. The molecule has 0 saturated carbocycles. The summed E-state index contributed by atoms with van der Waals surface area (Å²) in [6, 6.07) is 20.2. The van der Waals surface area contributed by atoms with Crippen molar-refractivity contribution >= 4 is 11.6 Å². The maximum Gasteiger partial charge on any atom is 0.137 e. The Morgan fingerprint density at radius 2 is 1.83 bits per heavy atom. The molecule has 5 rings (SSSR count). The summed E-state index contributed by atoms with van der Waals surface area (Å²) in [5.74, 6) is 1.77. The van der Waals surface area contributed by atoms with Gasteiger partial charge in [0.1, 0.15) is 24.2 Å². The molecule has 35 heavy (non-hydrogen) atoms. The highest BCUT2D eigenvalue weighted by Crippen LogP contribution is 2.34. The zero-order valence-electron chi connectivity index (χ0n) is 19.8. The van der Waals surface area contributed by atoms with E-state index in [4.69, 9.17) is 25.8 Å². The van der Waals surface area contributed by atoms with Gasteiger partial charge in [-0.2, -0.15) is 0 Å². The molecule has 2 aliphatic heterocycles. The predicted molar refractivity (Wildman–Crippen MR) is 135 cm³/mol. The number of aliphatic hydroxyl groups excluding tert-OH is 2. The second-order valence-electron chi connectivity index (χ2n) is 9.59. The number of ether oxygens (including phenoxy) is 3. The SMILES string of the molecule is Cc1ccc2c(c1)CC(COc1ccc(Cc3cc(C4CC(O)CC(CO)O4)ccc3Cl)cc1)O2. The van der Waals surface area contributed by atoms with E-state index in [2.05, 4.69) is 31.2 Å². The van der Waals surface area contributed by atoms with Gasteiger partial charge in [0.15, 0.2) is 0 Å². The van der Waals surface area contributed by atoms with E-state index in [0.29, 0.717) is 30.9 Å². The Morgan fingerprint density at radius 1 is 1.00 bits per heavy atom. The van der Waals surface area contributed by atoms with Gasteiger partial charge in [0, 0.05) is 24.3 Å². The summed E-state index contributed by atoms with van der Waals surface area (Å²) in [7, 11) is 0. The van der Waals surface area contributed by atoms with Crippen molar-refractivity contribution in [3.05, 3.63) is 93.5 Å². The molecule has 2 aliphatic rings. The Morgan fingerprint density at radius 3 is 2.63 bits per heavy atom. The number of aryl methyl sites for hydroxylation is 1. The minimum Gasteiger partial charge on any atom is -0.490 e. The second-order valence-corrected chi connectivity index (χ2v) is 10.00. The van der Waals surface area contributed by atoms with E-state index in [9.17, 15) is 10.2 Å². The van der Waals surface area contributed by atoms with Crippen LogP contribution in [0.4, 0.5) is 0 Å². The van der Waals surface area contributed by atoms with E-state index in [1.54, 1.807) is 0 Å². The van der Waals surface area contributed by atoms with Gasteiger partial charge in [-0.05, 0) is 59.9 Å². The molecule has 0 radical (unpaired) electrons. The quantitative estimate of drug-likeness (QED) is 0.473. The lowest BCUT2D eigenvalue weighted by atomic mass is 9.94. The number of benzene rings is 3. The van der Waals surface area contributed by atoms with Gasteiger partial charge in [0.2, 0.25) is 0 Å². The minimum atomic E-state index is -0.481. The average Bonchev–Trinajstić information content (AvgIpc) is 3.26. The summed E-state index contributed by atoms with van der Waals surface area (Å²) in [5, 5.41) is 20.3. The lowest BCUT2D eigenvalue weighted by Crippen LogP contribution is -2.33. The topological polar surface area (TPSA) is 68.2 Å². The van der Waals surface area contributed by atoms with Gasteiger partial charge in [-0.3, -0.25) is 0 Å². The van der Waals surface area contributed by atoms with E-state index >= 15 is 0 Å². The molecule has 0 aliphatic carbocycles. The molecule has 4 atom stereocenters. The van der Waals surface area contributed by atoms with Gasteiger partial charge >= 0.3 is 0 Å². The molecule has 4 unspecified atom stereocenters. The molecule has 3 aromatic carbocycles. The van der Waals surface area contributed by atoms with E-state index in [-0.39, 0.29) is 24.9 Å². The molecule has 3 aromatic rings. The Labute approximate surface area is 211 Å². The normalized spacial score (nSPS) is 23.5. The fraction of sp³-hybridized carbons (Fsp3) is 0.379. The number of aliphatic hydroxyl groups is 2. The van der Waals surface area contributed by atoms with Gasteiger partial charge in [0.25, 0.3) is 0 Å². The summed E-state index contributed by atoms with van der Waals surface area (Å²) in [6.45, 7) is 2.50. The first-order valence-electron chi connectivity index (χ1n) is 12.2. The molecule has 0 bridgehead atoms. The van der Waals surface area contributed by atoms with Crippen LogP contribution in [0.15, 0.2) is 60.7 Å². The number of fused-ring (bicyclic) bond motifs is 1. The van der Waals surface area contributed by atoms with Gasteiger partial charge in [0.05, 0.1) is 24.9 Å². The summed E-state index contributed by atoms with van der Waals surface area (Å²) in [4.78, 5) is 0. The van der Waals surface area contributed by atoms with Crippen LogP contribution in [0.1, 0.15) is 46.8 Å². The lowest BCUT2D eigenvalue weighted by molar-refractivity contribution is -0.113. The minimum absolute atomic E-state index is 0.0268. The van der Waals surface area contributed by atoms with Crippen LogP contribution >= 0.6 is 11.6 Å². The molecule has 2 N–H and O–H groups in total. The van der Waals surface area contributed by atoms with Gasteiger partial charge < -0.3 is 24.4 Å². The Balaban J connectivity index is 1.19. The van der Waals surface area contributed by atoms with Crippen molar-refractivity contribution < 1.29 is 24.4 Å². The maximum absolute atomic E-state index is 10.2. The van der Waals surface area contributed by atoms with Gasteiger partial charge in [-0.15, -0.1) is 0 Å². The van der Waals surface area contributed by atoms with Crippen molar-refractivity contribution in [2.45, 2.75) is 57.0 Å². The molecular formula is C29H31ClO5. The van der Waals surface area contributed by atoms with Crippen LogP contribution in [0.2, 0.25) is 5.02 Å². The smallest absolute Gasteiger partial charge is 0.137 e. The molecule has 5 nitrogen and oxygen atoms in total. The second kappa shape index (κ2) is 10.6. The van der Waals surface area contributed by atoms with Crippen molar-refractivity contribution in [3.8, 4) is 11.5 Å². The van der Waals surface area contributed by atoms with Crippen LogP contribution in [0.3, 0.4) is 0 Å². The fourth-order valence-electron chi connectivity index (χ4n) is 4.91. The van der Waals surface area contributed by atoms with Crippen molar-refractivity contribution in [1.82, 2.24) is 0 Å². The summed E-state index contributed by atoms with van der Waals surface area (Å²) < 4.78 is 18.0. The number of rotatable bonds is 7. The van der Waals surface area contributed by atoms with Crippen LogP contribution in [0.5, 0.6) is 11.5 Å². The number of halogens is 1. The molecule has 2 heterocycles. The highest BCUT2D eigenvalue weighted by atomic mass is 35.5. The van der Waals surface area contributed by atoms with Crippen molar-refractivity contribution in [3.63, 3.8) is 0 Å². The zero-order chi connectivity index (χ0) is 24.4. The predicted octanol–water partition coefficient (Wildman–Crippen LogP) is 5.20. The van der Waals surface area contributed by atoms with Gasteiger partial charge in [-0.1, -0.05) is 53.6 Å². The van der Waals surface area contributed by atoms with Crippen LogP contribution in [-0.2, 0) is 17.6 Å². The first-order chi connectivity index (χ1) is 17.0. The molecular weight excluding hydrogens is 464 g/mol. The average molecular weight is 495 g/mol. The molecule has 1 fully saturated rings. The largest absolute Gasteiger partial charge is 0.490 e. The van der Waals surface area contributed by atoms with Crippen LogP contribution in [0.25, 0.3) is 0 Å². The molecule has 0 spiro atoms. The van der Waals surface area contributed by atoms with Crippen molar-refractivity contribution in [2.75, 3.05) is 13.2 Å². The van der Waals surface area contributed by atoms with E-state index in [0.717, 1.165) is 34.6 Å². The molecule has 1 saturated heterocycles. The molecule has 6 heteroatoms. The molecule has 0 amide bonds. The molecule has 0 aromatic heterocycles. The summed E-state index contributed by atoms with van der Waals surface area (Å²) in [5.41, 5.74) is 5.57. The molecule has 184 valence electrons. The van der Waals surface area contributed by atoms with Gasteiger partial charge in [-0.25, -0.2) is 0 Å². The van der Waals surface area contributed by atoms with E-state index in [1.807, 2.05) is 36.4 Å². The highest BCUT2D eigenvalue weighted by Gasteiger charge is 2.29. The zero-order valence-corrected chi connectivity index (χ0v) is 20.6. The third-order valence-electron chi connectivity index (χ3n) is 6.73. The highest BCUT2D eigenvalue weighted by molar-refractivity contribution is 6.31. The fourth-order valence-corrected chi connectivity index (χ4v) is 5.09. The van der Waals surface area contributed by atoms with Crippen LogP contribution < -0.4 is 9.47 Å². The Kier molecular flexibility index (Phi) is 7.30. The summed E-state index contributed by atoms with van der Waals surface area (Å²) in [6.07, 6.45) is 1.46. The summed E-state index contributed by atoms with van der Waals surface area (Å²) >= 11 is 6.50. The Hall–Kier alpha value is -2.57. The van der Waals surface area contributed by atoms with E-state index < -0.39 is 6.10 Å². The first-order valence-corrected chi connectivity index (χ1v) is 12.5. The maximum atomic E-state index is 10.2. The lowest BCUT2D eigenvalue weighted by Gasteiger charge is -2.32. The third kappa shape index (κ3) is 5.81.